The van der Waals surface area contributed by atoms with Gasteiger partial charge in [0.1, 0.15) is 0 Å². The van der Waals surface area contributed by atoms with E-state index < -0.39 is 0 Å². The lowest BCUT2D eigenvalue weighted by Gasteiger charge is -2.33. The molecule has 0 aromatic heterocycles. The number of alkyl halides is 3. The molecule has 1 aliphatic heterocycles. The first-order valence-corrected chi connectivity index (χ1v) is 10.7. The van der Waals surface area contributed by atoms with Crippen molar-refractivity contribution in [2.45, 2.75) is 57.8 Å². The summed E-state index contributed by atoms with van der Waals surface area (Å²) in [5.74, 6) is 0.887. The molecule has 3 rings (SSSR count). The lowest BCUT2D eigenvalue weighted by Crippen LogP contribution is -2.38. The van der Waals surface area contributed by atoms with Gasteiger partial charge in [0, 0.05) is 31.1 Å². The minimum absolute atomic E-state index is 0.0985. The van der Waals surface area contributed by atoms with Crippen LogP contribution in [0.5, 0.6) is 0 Å². The fourth-order valence-corrected chi connectivity index (χ4v) is 6.84. The first-order chi connectivity index (χ1) is 9.95. The molecule has 6 heteroatoms. The van der Waals surface area contributed by atoms with Crippen molar-refractivity contribution in [2.24, 2.45) is 11.8 Å². The molecule has 1 saturated heterocycles. The van der Waals surface area contributed by atoms with Crippen LogP contribution in [0.2, 0.25) is 0 Å². The van der Waals surface area contributed by atoms with Crippen molar-refractivity contribution in [3.8, 4) is 0 Å². The van der Waals surface area contributed by atoms with Gasteiger partial charge in [-0.1, -0.05) is 60.5 Å². The van der Waals surface area contributed by atoms with Gasteiger partial charge in [-0.2, -0.15) is 0 Å². The predicted octanol–water partition coefficient (Wildman–Crippen LogP) is 3.31. The second-order valence-electron chi connectivity index (χ2n) is 6.47. The number of hydrogen-bond acceptors (Lipinski definition) is 2. The molecule has 2 saturated carbocycles. The lowest BCUT2D eigenvalue weighted by atomic mass is 9.79. The Hall–Kier alpha value is 0.860. The number of hydrogen-bond donors (Lipinski definition) is 2. The number of fused-ring (bicyclic) bond motifs is 1. The number of rotatable bonds is 1. The molecule has 1 amide bonds. The van der Waals surface area contributed by atoms with Gasteiger partial charge in [-0.25, -0.2) is 0 Å². The van der Waals surface area contributed by atoms with Gasteiger partial charge in [0.25, 0.3) is 0 Å². The highest BCUT2D eigenvalue weighted by Gasteiger charge is 2.42. The molecule has 0 bridgehead atoms. The van der Waals surface area contributed by atoms with Gasteiger partial charge in [-0.3, -0.25) is 4.79 Å². The molecule has 5 unspecified atom stereocenters. The Morgan fingerprint density at radius 1 is 1.19 bits per heavy atom. The van der Waals surface area contributed by atoms with Crippen molar-refractivity contribution in [1.82, 2.24) is 5.32 Å². The second-order valence-corrected chi connectivity index (χ2v) is 10.6. The van der Waals surface area contributed by atoms with Crippen LogP contribution in [0.4, 0.5) is 0 Å². The Kier molecular flexibility index (Phi) is 5.39. The highest BCUT2D eigenvalue weighted by atomic mass is 127. The predicted molar refractivity (Wildman–Crippen MR) is 99.3 cm³/mol. The van der Waals surface area contributed by atoms with Crippen molar-refractivity contribution in [3.63, 3.8) is 0 Å². The summed E-state index contributed by atoms with van der Waals surface area (Å²) >= 11 is 9.65. The summed E-state index contributed by atoms with van der Waals surface area (Å²) in [6.45, 7) is 0. The van der Waals surface area contributed by atoms with Crippen LogP contribution in [0.25, 0.3) is 0 Å². The van der Waals surface area contributed by atoms with E-state index in [1.165, 1.54) is 6.42 Å². The van der Waals surface area contributed by atoms with Gasteiger partial charge in [-0.05, 0) is 38.0 Å². The third kappa shape index (κ3) is 3.53. The van der Waals surface area contributed by atoms with Crippen molar-refractivity contribution in [2.75, 3.05) is 0 Å². The maximum Gasteiger partial charge on any atom is 0.247 e. The molecule has 118 valence electrons. The molecule has 0 spiro atoms. The van der Waals surface area contributed by atoms with Crippen LogP contribution in [0.3, 0.4) is 0 Å². The maximum absolute atomic E-state index is 12.3. The zero-order chi connectivity index (χ0) is 15.1. The number of aliphatic hydroxyl groups excluding tert-OH is 1. The summed E-state index contributed by atoms with van der Waals surface area (Å²) in [7, 11) is 0. The largest absolute Gasteiger partial charge is 0.391 e. The summed E-state index contributed by atoms with van der Waals surface area (Å²) < 4.78 is 0.681. The summed E-state index contributed by atoms with van der Waals surface area (Å²) in [6.07, 6.45) is 7.06. The van der Waals surface area contributed by atoms with Gasteiger partial charge < -0.3 is 10.4 Å². The number of nitrogens with one attached hydrogen (secondary N) is 1. The zero-order valence-corrected chi connectivity index (χ0v) is 17.0. The van der Waals surface area contributed by atoms with Crippen LogP contribution >= 0.6 is 54.5 Å². The molecular formula is C15H20Br2INO2. The topological polar surface area (TPSA) is 49.3 Å². The number of halogens is 3. The molecule has 3 fully saturated rings. The molecule has 2 N–H and O–H groups in total. The Bertz CT molecular complexity index is 447. The van der Waals surface area contributed by atoms with Gasteiger partial charge in [0.15, 0.2) is 0 Å². The van der Waals surface area contributed by atoms with Crippen molar-refractivity contribution in [3.05, 3.63) is 11.6 Å². The fraction of sp³-hybridized carbons (Fsp3) is 0.800. The molecule has 5 atom stereocenters. The minimum Gasteiger partial charge on any atom is -0.391 e. The van der Waals surface area contributed by atoms with Gasteiger partial charge in [0.05, 0.1) is 6.10 Å². The Labute approximate surface area is 156 Å². The Morgan fingerprint density at radius 2 is 1.86 bits per heavy atom. The molecular weight excluding hydrogens is 513 g/mol. The van der Waals surface area contributed by atoms with Crippen molar-refractivity contribution >= 4 is 60.4 Å². The molecule has 1 heterocycles. The monoisotopic (exact) mass is 531 g/mol. The average molecular weight is 533 g/mol. The normalized spacial score (nSPS) is 49.0. The van der Waals surface area contributed by atoms with E-state index in [2.05, 4.69) is 65.8 Å². The van der Waals surface area contributed by atoms with Crippen LogP contribution in [-0.2, 0) is 4.79 Å². The van der Waals surface area contributed by atoms with Gasteiger partial charge >= 0.3 is 0 Å². The minimum atomic E-state index is -0.349. The van der Waals surface area contributed by atoms with Crippen LogP contribution in [0.15, 0.2) is 11.6 Å². The number of aliphatic hydroxyl groups is 1. The quantitative estimate of drug-likeness (QED) is 0.309. The molecule has 21 heavy (non-hydrogen) atoms. The third-order valence-corrected chi connectivity index (χ3v) is 7.94. The van der Waals surface area contributed by atoms with Crippen LogP contribution in [0.1, 0.15) is 32.1 Å². The van der Waals surface area contributed by atoms with E-state index in [1.807, 2.05) is 0 Å². The van der Waals surface area contributed by atoms with Crippen LogP contribution in [-0.4, -0.2) is 36.7 Å². The van der Waals surface area contributed by atoms with E-state index in [9.17, 15) is 9.90 Å². The number of carbonyl (C=O) groups is 1. The molecule has 3 nitrogen and oxygen atoms in total. The van der Waals surface area contributed by atoms with E-state index in [4.69, 9.17) is 0 Å². The summed E-state index contributed by atoms with van der Waals surface area (Å²) in [6, 6.07) is 0.350. The number of carbonyl (C=O) groups excluding carboxylic acids is 1. The van der Waals surface area contributed by atoms with Crippen LogP contribution < -0.4 is 5.32 Å². The third-order valence-electron chi connectivity index (χ3n) is 4.98. The summed E-state index contributed by atoms with van der Waals surface area (Å²) in [5.41, 5.74) is 1.00. The number of allylic oxidation sites excluding steroid dienone is 1. The highest BCUT2D eigenvalue weighted by Crippen LogP contribution is 2.41. The van der Waals surface area contributed by atoms with E-state index >= 15 is 0 Å². The average Bonchev–Trinajstić information content (AvgIpc) is 2.72. The van der Waals surface area contributed by atoms with Gasteiger partial charge in [-0.15, -0.1) is 0 Å². The standard InChI is InChI=1S/C15H20Br2INO2/c16-11-4-7(5-12(17)14(11)20)3-10-9-6-8(18)1-2-13(9)19-15(10)21/h3,7-9,11-14,20H,1-2,4-6H2,(H,19,21)/b10-3-. The van der Waals surface area contributed by atoms with Gasteiger partial charge in [0.2, 0.25) is 5.91 Å². The molecule has 2 aliphatic carbocycles. The SMILES string of the molecule is O=C1NC2CCC(I)CC2/C1=C/C1CC(Br)C(O)C(Br)C1. The smallest absolute Gasteiger partial charge is 0.247 e. The Balaban J connectivity index is 1.77. The molecule has 0 aromatic rings. The zero-order valence-electron chi connectivity index (χ0n) is 11.6. The molecule has 0 radical (unpaired) electrons. The number of amides is 1. The van der Waals surface area contributed by atoms with E-state index in [1.54, 1.807) is 0 Å². The van der Waals surface area contributed by atoms with E-state index in [0.717, 1.165) is 31.3 Å². The lowest BCUT2D eigenvalue weighted by molar-refractivity contribution is -0.116. The van der Waals surface area contributed by atoms with E-state index in [0.29, 0.717) is 21.8 Å². The van der Waals surface area contributed by atoms with Crippen molar-refractivity contribution < 1.29 is 9.90 Å². The second kappa shape index (κ2) is 6.77. The Morgan fingerprint density at radius 3 is 2.52 bits per heavy atom. The molecule has 3 aliphatic rings. The van der Waals surface area contributed by atoms with E-state index in [-0.39, 0.29) is 21.7 Å². The van der Waals surface area contributed by atoms with Crippen molar-refractivity contribution in [1.29, 1.82) is 0 Å². The molecule has 0 aromatic carbocycles. The first-order valence-electron chi connectivity index (χ1n) is 7.58. The highest BCUT2D eigenvalue weighted by molar-refractivity contribution is 14.1. The van der Waals surface area contributed by atoms with Crippen LogP contribution in [0, 0.1) is 11.8 Å². The maximum atomic E-state index is 12.3. The first kappa shape index (κ1) is 16.7. The fourth-order valence-electron chi connectivity index (χ4n) is 3.83. The summed E-state index contributed by atoms with van der Waals surface area (Å²) in [4.78, 5) is 12.5. The summed E-state index contributed by atoms with van der Waals surface area (Å²) in [5, 5.41) is 13.2.